The molecule has 0 aliphatic carbocycles. The van der Waals surface area contributed by atoms with E-state index in [1.54, 1.807) is 12.1 Å². The van der Waals surface area contributed by atoms with Crippen molar-refractivity contribution in [2.24, 2.45) is 5.73 Å². The summed E-state index contributed by atoms with van der Waals surface area (Å²) < 4.78 is 40.6. The molecule has 0 saturated heterocycles. The van der Waals surface area contributed by atoms with E-state index in [4.69, 9.17) is 5.73 Å². The Balaban J connectivity index is 0.00000312. The van der Waals surface area contributed by atoms with Crippen molar-refractivity contribution in [2.45, 2.75) is 19.1 Å². The Labute approximate surface area is 161 Å². The molecule has 1 heterocycles. The van der Waals surface area contributed by atoms with Gasteiger partial charge < -0.3 is 15.8 Å². The van der Waals surface area contributed by atoms with Gasteiger partial charge in [0.25, 0.3) is 0 Å². The van der Waals surface area contributed by atoms with Crippen molar-refractivity contribution in [1.82, 2.24) is 4.98 Å². The summed E-state index contributed by atoms with van der Waals surface area (Å²) in [5.41, 5.74) is 7.88. The summed E-state index contributed by atoms with van der Waals surface area (Å²) in [5, 5.41) is 2.55. The van der Waals surface area contributed by atoms with Crippen LogP contribution in [0.3, 0.4) is 0 Å². The van der Waals surface area contributed by atoms with Crippen LogP contribution < -0.4 is 15.8 Å². The van der Waals surface area contributed by atoms with Crippen LogP contribution in [0.2, 0.25) is 0 Å². The van der Waals surface area contributed by atoms with Gasteiger partial charge in [-0.1, -0.05) is 29.8 Å². The smallest absolute Gasteiger partial charge is 0.422 e. The van der Waals surface area contributed by atoms with Crippen LogP contribution in [0.15, 0.2) is 42.6 Å². The summed E-state index contributed by atoms with van der Waals surface area (Å²) in [4.78, 5) is 15.8. The lowest BCUT2D eigenvalue weighted by Crippen LogP contribution is -2.27. The standard InChI is InChI=1S/C16H16F3N3O2.2ClH/c1-10-2-4-11(5-3-10)14(20)15(23)22-12-6-7-13(21-8-12)24-9-16(17,18)19;;/h2-8,14H,9,20H2,1H3,(H,22,23);2*1H. The van der Waals surface area contributed by atoms with Gasteiger partial charge in [-0.25, -0.2) is 4.98 Å². The van der Waals surface area contributed by atoms with Gasteiger partial charge in [-0.15, -0.1) is 24.8 Å². The number of nitrogens with two attached hydrogens (primary N) is 1. The molecule has 1 aromatic carbocycles. The fourth-order valence-electron chi connectivity index (χ4n) is 1.84. The van der Waals surface area contributed by atoms with Crippen molar-refractivity contribution in [2.75, 3.05) is 11.9 Å². The number of carbonyl (C=O) groups is 1. The second kappa shape index (κ2) is 10.2. The maximum Gasteiger partial charge on any atom is 0.422 e. The minimum absolute atomic E-state index is 0. The fourth-order valence-corrected chi connectivity index (χ4v) is 1.84. The highest BCUT2D eigenvalue weighted by Gasteiger charge is 2.28. The number of ether oxygens (including phenoxy) is 1. The van der Waals surface area contributed by atoms with Gasteiger partial charge >= 0.3 is 6.18 Å². The number of pyridine rings is 1. The van der Waals surface area contributed by atoms with Gasteiger partial charge in [0.1, 0.15) is 6.04 Å². The molecule has 0 aliphatic rings. The molecule has 0 bridgehead atoms. The van der Waals surface area contributed by atoms with Gasteiger partial charge in [0.15, 0.2) is 6.61 Å². The van der Waals surface area contributed by atoms with Crippen LogP contribution in [0.1, 0.15) is 17.2 Å². The number of benzene rings is 1. The number of anilines is 1. The highest BCUT2D eigenvalue weighted by molar-refractivity contribution is 5.95. The molecule has 1 unspecified atom stereocenters. The Morgan fingerprint density at radius 3 is 2.31 bits per heavy atom. The van der Waals surface area contributed by atoms with Crippen LogP contribution in [-0.4, -0.2) is 23.7 Å². The first-order valence-electron chi connectivity index (χ1n) is 7.03. The summed E-state index contributed by atoms with van der Waals surface area (Å²) in [5.74, 6) is -0.641. The Morgan fingerprint density at radius 1 is 1.19 bits per heavy atom. The van der Waals surface area contributed by atoms with Crippen molar-refractivity contribution in [3.05, 3.63) is 53.7 Å². The number of hydrogen-bond donors (Lipinski definition) is 2. The van der Waals surface area contributed by atoms with Gasteiger partial charge in [0.2, 0.25) is 11.8 Å². The fraction of sp³-hybridized carbons (Fsp3) is 0.250. The third kappa shape index (κ3) is 7.47. The second-order valence-electron chi connectivity index (χ2n) is 5.17. The average Bonchev–Trinajstić information content (AvgIpc) is 2.53. The van der Waals surface area contributed by atoms with E-state index in [0.717, 1.165) is 5.56 Å². The van der Waals surface area contributed by atoms with E-state index in [1.807, 2.05) is 19.1 Å². The number of carbonyl (C=O) groups excluding carboxylic acids is 1. The first-order chi connectivity index (χ1) is 11.2. The Morgan fingerprint density at radius 2 is 1.81 bits per heavy atom. The van der Waals surface area contributed by atoms with Crippen LogP contribution in [0.4, 0.5) is 18.9 Å². The van der Waals surface area contributed by atoms with Crippen molar-refractivity contribution >= 4 is 36.4 Å². The van der Waals surface area contributed by atoms with E-state index < -0.39 is 24.7 Å². The number of aryl methyl sites for hydroxylation is 1. The predicted molar refractivity (Wildman–Crippen MR) is 97.0 cm³/mol. The molecule has 5 nitrogen and oxygen atoms in total. The third-order valence-electron chi connectivity index (χ3n) is 3.11. The van der Waals surface area contributed by atoms with E-state index in [1.165, 1.54) is 18.3 Å². The molecular formula is C16H18Cl2F3N3O2. The summed E-state index contributed by atoms with van der Waals surface area (Å²) in [7, 11) is 0. The Kier molecular flexibility index (Phi) is 9.40. The van der Waals surface area contributed by atoms with E-state index >= 15 is 0 Å². The maximum absolute atomic E-state index is 12.1. The van der Waals surface area contributed by atoms with Gasteiger partial charge in [-0.2, -0.15) is 13.2 Å². The van der Waals surface area contributed by atoms with Crippen molar-refractivity contribution < 1.29 is 22.7 Å². The molecule has 144 valence electrons. The Hall–Kier alpha value is -2.03. The molecule has 10 heteroatoms. The average molecular weight is 412 g/mol. The number of aromatic nitrogens is 1. The molecule has 0 saturated carbocycles. The number of amides is 1. The monoisotopic (exact) mass is 411 g/mol. The summed E-state index contributed by atoms with van der Waals surface area (Å²) >= 11 is 0. The molecule has 1 aromatic heterocycles. The second-order valence-corrected chi connectivity index (χ2v) is 5.17. The molecule has 0 radical (unpaired) electrons. The van der Waals surface area contributed by atoms with Gasteiger partial charge in [-0.3, -0.25) is 4.79 Å². The molecule has 0 fully saturated rings. The lowest BCUT2D eigenvalue weighted by Gasteiger charge is -2.13. The SMILES string of the molecule is Cc1ccc(C(N)C(=O)Nc2ccc(OCC(F)(F)F)nc2)cc1.Cl.Cl. The minimum Gasteiger partial charge on any atom is -0.468 e. The Bertz CT molecular complexity index is 695. The first kappa shape index (κ1) is 24.0. The topological polar surface area (TPSA) is 77.2 Å². The molecule has 0 aliphatic heterocycles. The van der Waals surface area contributed by atoms with Crippen LogP contribution in [-0.2, 0) is 4.79 Å². The molecule has 2 aromatic rings. The molecule has 0 spiro atoms. The van der Waals surface area contributed by atoms with Gasteiger partial charge in [0, 0.05) is 6.07 Å². The van der Waals surface area contributed by atoms with Gasteiger partial charge in [-0.05, 0) is 18.6 Å². The summed E-state index contributed by atoms with van der Waals surface area (Å²) in [6, 6.07) is 8.95. The molecular weight excluding hydrogens is 394 g/mol. The zero-order chi connectivity index (χ0) is 17.7. The number of alkyl halides is 3. The van der Waals surface area contributed by atoms with Crippen molar-refractivity contribution in [3.8, 4) is 5.88 Å². The quantitative estimate of drug-likeness (QED) is 0.783. The number of nitrogens with one attached hydrogen (secondary N) is 1. The third-order valence-corrected chi connectivity index (χ3v) is 3.11. The van der Waals surface area contributed by atoms with Crippen LogP contribution in [0.5, 0.6) is 5.88 Å². The minimum atomic E-state index is -4.44. The molecule has 3 N–H and O–H groups in total. The lowest BCUT2D eigenvalue weighted by atomic mass is 10.1. The van der Waals surface area contributed by atoms with Crippen molar-refractivity contribution in [3.63, 3.8) is 0 Å². The highest BCUT2D eigenvalue weighted by Crippen LogP contribution is 2.19. The van der Waals surface area contributed by atoms with E-state index in [9.17, 15) is 18.0 Å². The lowest BCUT2D eigenvalue weighted by molar-refractivity contribution is -0.154. The zero-order valence-corrected chi connectivity index (χ0v) is 15.3. The molecule has 1 atom stereocenters. The largest absolute Gasteiger partial charge is 0.468 e. The highest BCUT2D eigenvalue weighted by atomic mass is 35.5. The number of rotatable bonds is 5. The number of halogens is 5. The van der Waals surface area contributed by atoms with Crippen LogP contribution >= 0.6 is 24.8 Å². The maximum atomic E-state index is 12.1. The summed E-state index contributed by atoms with van der Waals surface area (Å²) in [6.07, 6.45) is -3.24. The zero-order valence-electron chi connectivity index (χ0n) is 13.6. The van der Waals surface area contributed by atoms with E-state index in [0.29, 0.717) is 11.3 Å². The van der Waals surface area contributed by atoms with Crippen molar-refractivity contribution in [1.29, 1.82) is 0 Å². The first-order valence-corrected chi connectivity index (χ1v) is 7.03. The van der Waals surface area contributed by atoms with Gasteiger partial charge in [0.05, 0.1) is 11.9 Å². The number of nitrogens with zero attached hydrogens (tertiary/aromatic N) is 1. The normalized spacial score (nSPS) is 11.6. The van der Waals surface area contributed by atoms with Crippen LogP contribution in [0.25, 0.3) is 0 Å². The predicted octanol–water partition coefficient (Wildman–Crippen LogP) is 3.81. The molecule has 26 heavy (non-hydrogen) atoms. The molecule has 2 rings (SSSR count). The summed E-state index contributed by atoms with van der Waals surface area (Å²) in [6.45, 7) is 0.494. The molecule has 1 amide bonds. The van der Waals surface area contributed by atoms with Crippen LogP contribution in [0, 0.1) is 6.92 Å². The van der Waals surface area contributed by atoms with E-state index in [2.05, 4.69) is 15.0 Å². The number of hydrogen-bond acceptors (Lipinski definition) is 4. The van der Waals surface area contributed by atoms with E-state index in [-0.39, 0.29) is 30.7 Å².